The van der Waals surface area contributed by atoms with Crippen molar-refractivity contribution in [2.45, 2.75) is 6.92 Å². The fourth-order valence-corrected chi connectivity index (χ4v) is 2.16. The monoisotopic (exact) mass is 331 g/mol. The Morgan fingerprint density at radius 1 is 1.35 bits per heavy atom. The first-order chi connectivity index (χ1) is 9.63. The summed E-state index contributed by atoms with van der Waals surface area (Å²) in [4.78, 5) is 20.3. The van der Waals surface area contributed by atoms with Gasteiger partial charge in [-0.2, -0.15) is 4.98 Å². The van der Waals surface area contributed by atoms with Crippen LogP contribution in [0.1, 0.15) is 16.3 Å². The molecule has 0 aliphatic rings. The van der Waals surface area contributed by atoms with E-state index in [1.807, 2.05) is 19.1 Å². The second-order valence-electron chi connectivity index (χ2n) is 4.20. The molecule has 100 valence electrons. The van der Waals surface area contributed by atoms with E-state index < -0.39 is 0 Å². The van der Waals surface area contributed by atoms with Crippen LogP contribution < -0.4 is 5.32 Å². The molecule has 0 bridgehead atoms. The molecule has 0 aliphatic carbocycles. The van der Waals surface area contributed by atoms with Crippen molar-refractivity contribution >= 4 is 33.3 Å². The highest BCUT2D eigenvalue weighted by atomic mass is 79.9. The summed E-state index contributed by atoms with van der Waals surface area (Å²) in [5, 5.41) is 6.89. The molecule has 0 spiro atoms. The number of amides is 1. The molecule has 7 heteroatoms. The van der Waals surface area contributed by atoms with E-state index in [0.717, 1.165) is 10.2 Å². The molecule has 1 amide bonds. The first-order valence-electron chi connectivity index (χ1n) is 5.89. The number of nitrogens with one attached hydrogen (secondary N) is 1. The van der Waals surface area contributed by atoms with Crippen LogP contribution in [0.25, 0.3) is 5.78 Å². The van der Waals surface area contributed by atoms with Gasteiger partial charge in [0, 0.05) is 22.1 Å². The van der Waals surface area contributed by atoms with Crippen molar-refractivity contribution in [2.24, 2.45) is 0 Å². The van der Waals surface area contributed by atoms with Gasteiger partial charge >= 0.3 is 0 Å². The van der Waals surface area contributed by atoms with Crippen molar-refractivity contribution in [1.29, 1.82) is 0 Å². The van der Waals surface area contributed by atoms with E-state index in [9.17, 15) is 4.79 Å². The topological polar surface area (TPSA) is 72.2 Å². The summed E-state index contributed by atoms with van der Waals surface area (Å²) in [6, 6.07) is 9.12. The number of fused-ring (bicyclic) bond motifs is 1. The van der Waals surface area contributed by atoms with Crippen LogP contribution in [0.4, 0.5) is 5.69 Å². The van der Waals surface area contributed by atoms with E-state index in [1.54, 1.807) is 24.4 Å². The minimum atomic E-state index is -0.368. The number of anilines is 1. The number of carbonyl (C=O) groups excluding carboxylic acids is 1. The third-order valence-corrected chi connectivity index (χ3v) is 3.21. The van der Waals surface area contributed by atoms with Crippen LogP contribution in [-0.4, -0.2) is 25.5 Å². The second kappa shape index (κ2) is 5.01. The van der Waals surface area contributed by atoms with E-state index in [0.29, 0.717) is 11.5 Å². The van der Waals surface area contributed by atoms with Gasteiger partial charge in [0.2, 0.25) is 5.82 Å². The molecule has 1 aromatic carbocycles. The summed E-state index contributed by atoms with van der Waals surface area (Å²) in [6.07, 6.45) is 1.63. The molecule has 0 radical (unpaired) electrons. The Balaban J connectivity index is 1.91. The molecule has 0 aliphatic heterocycles. The summed E-state index contributed by atoms with van der Waals surface area (Å²) < 4.78 is 2.42. The van der Waals surface area contributed by atoms with Crippen molar-refractivity contribution in [3.8, 4) is 0 Å². The van der Waals surface area contributed by atoms with E-state index in [4.69, 9.17) is 0 Å². The lowest BCUT2D eigenvalue weighted by molar-refractivity contribution is 0.101. The highest BCUT2D eigenvalue weighted by molar-refractivity contribution is 9.10. The Bertz CT molecular complexity index is 798. The molecule has 1 N–H and O–H groups in total. The van der Waals surface area contributed by atoms with Crippen LogP contribution in [0.3, 0.4) is 0 Å². The highest BCUT2D eigenvalue weighted by Gasteiger charge is 2.14. The zero-order valence-corrected chi connectivity index (χ0v) is 12.1. The number of benzene rings is 1. The normalized spacial score (nSPS) is 10.7. The molecule has 6 nitrogen and oxygen atoms in total. The molecule has 2 heterocycles. The molecule has 2 aromatic heterocycles. The van der Waals surface area contributed by atoms with Crippen LogP contribution in [0.15, 0.2) is 41.0 Å². The number of hydrogen-bond donors (Lipinski definition) is 1. The molecule has 3 aromatic rings. The Morgan fingerprint density at radius 2 is 2.20 bits per heavy atom. The Labute approximate surface area is 123 Å². The van der Waals surface area contributed by atoms with E-state index in [-0.39, 0.29) is 11.7 Å². The van der Waals surface area contributed by atoms with E-state index >= 15 is 0 Å². The van der Waals surface area contributed by atoms with Gasteiger partial charge in [-0.05, 0) is 31.2 Å². The largest absolute Gasteiger partial charge is 0.319 e. The predicted molar refractivity (Wildman–Crippen MR) is 77.6 cm³/mol. The second-order valence-corrected chi connectivity index (χ2v) is 5.11. The standard InChI is InChI=1S/C13H10BrN5O/c1-8-5-6-15-13-17-11(18-19(8)13)12(20)16-10-4-2-3-9(14)7-10/h2-7H,1H3,(H,16,20). The summed E-state index contributed by atoms with van der Waals surface area (Å²) in [5.74, 6) is 0.129. The smallest absolute Gasteiger partial charge is 0.295 e. The molecule has 20 heavy (non-hydrogen) atoms. The zero-order valence-electron chi connectivity index (χ0n) is 10.5. The van der Waals surface area contributed by atoms with Gasteiger partial charge in [-0.15, -0.1) is 5.10 Å². The lowest BCUT2D eigenvalue weighted by Crippen LogP contribution is -2.14. The molecule has 3 rings (SSSR count). The zero-order chi connectivity index (χ0) is 14.1. The van der Waals surface area contributed by atoms with Gasteiger partial charge in [0.15, 0.2) is 0 Å². The molecule has 0 saturated heterocycles. The maximum Gasteiger partial charge on any atom is 0.295 e. The quantitative estimate of drug-likeness (QED) is 0.782. The molecular formula is C13H10BrN5O. The fraction of sp³-hybridized carbons (Fsp3) is 0.0769. The molecular weight excluding hydrogens is 322 g/mol. The average molecular weight is 332 g/mol. The number of carbonyl (C=O) groups is 1. The first kappa shape index (κ1) is 12.7. The van der Waals surface area contributed by atoms with Crippen LogP contribution in [0.5, 0.6) is 0 Å². The number of halogens is 1. The van der Waals surface area contributed by atoms with E-state index in [1.165, 1.54) is 4.52 Å². The van der Waals surface area contributed by atoms with Crippen molar-refractivity contribution in [1.82, 2.24) is 19.6 Å². The SMILES string of the molecule is Cc1ccnc2nc(C(=O)Nc3cccc(Br)c3)nn12. The van der Waals surface area contributed by atoms with Crippen LogP contribution >= 0.6 is 15.9 Å². The van der Waals surface area contributed by atoms with Gasteiger partial charge in [0.25, 0.3) is 11.7 Å². The predicted octanol–water partition coefficient (Wildman–Crippen LogP) is 2.45. The average Bonchev–Trinajstić information content (AvgIpc) is 2.84. The van der Waals surface area contributed by atoms with Crippen molar-refractivity contribution < 1.29 is 4.79 Å². The van der Waals surface area contributed by atoms with Gasteiger partial charge < -0.3 is 5.32 Å². The highest BCUT2D eigenvalue weighted by Crippen LogP contribution is 2.16. The van der Waals surface area contributed by atoms with Crippen molar-refractivity contribution in [3.05, 3.63) is 52.5 Å². The number of hydrogen-bond acceptors (Lipinski definition) is 4. The third kappa shape index (κ3) is 2.39. The number of aromatic nitrogens is 4. The minimum absolute atomic E-state index is 0.0896. The van der Waals surface area contributed by atoms with Gasteiger partial charge in [0.1, 0.15) is 0 Å². The van der Waals surface area contributed by atoms with Crippen molar-refractivity contribution in [3.63, 3.8) is 0 Å². The molecule has 0 saturated carbocycles. The van der Waals surface area contributed by atoms with E-state index in [2.05, 4.69) is 36.3 Å². The lowest BCUT2D eigenvalue weighted by atomic mass is 10.3. The van der Waals surface area contributed by atoms with Crippen LogP contribution in [0.2, 0.25) is 0 Å². The Morgan fingerprint density at radius 3 is 2.95 bits per heavy atom. The summed E-state index contributed by atoms with van der Waals surface area (Å²) in [6.45, 7) is 1.87. The van der Waals surface area contributed by atoms with Gasteiger partial charge in [-0.1, -0.05) is 22.0 Å². The van der Waals surface area contributed by atoms with Gasteiger partial charge in [-0.3, -0.25) is 4.79 Å². The molecule has 0 atom stereocenters. The maximum atomic E-state index is 12.1. The van der Waals surface area contributed by atoms with Crippen LogP contribution in [0, 0.1) is 6.92 Å². The van der Waals surface area contributed by atoms with Crippen molar-refractivity contribution in [2.75, 3.05) is 5.32 Å². The fourth-order valence-electron chi connectivity index (χ4n) is 1.76. The summed E-state index contributed by atoms with van der Waals surface area (Å²) in [5.41, 5.74) is 1.54. The molecule has 0 unspecified atom stereocenters. The number of aryl methyl sites for hydroxylation is 1. The Kier molecular flexibility index (Phi) is 3.19. The summed E-state index contributed by atoms with van der Waals surface area (Å²) in [7, 11) is 0. The van der Waals surface area contributed by atoms with Gasteiger partial charge in [-0.25, -0.2) is 9.50 Å². The molecule has 0 fully saturated rings. The Hall–Kier alpha value is -2.28. The summed E-state index contributed by atoms with van der Waals surface area (Å²) >= 11 is 3.35. The minimum Gasteiger partial charge on any atom is -0.319 e. The number of rotatable bonds is 2. The first-order valence-corrected chi connectivity index (χ1v) is 6.68. The number of nitrogens with zero attached hydrogens (tertiary/aromatic N) is 4. The third-order valence-electron chi connectivity index (χ3n) is 2.72. The van der Waals surface area contributed by atoms with Gasteiger partial charge in [0.05, 0.1) is 0 Å². The maximum absolute atomic E-state index is 12.1. The van der Waals surface area contributed by atoms with Crippen LogP contribution in [-0.2, 0) is 0 Å². The lowest BCUT2D eigenvalue weighted by Gasteiger charge is -2.02.